The lowest BCUT2D eigenvalue weighted by molar-refractivity contribution is 0.0976. The van der Waals surface area contributed by atoms with Gasteiger partial charge in [-0.2, -0.15) is 0 Å². The third-order valence-electron chi connectivity index (χ3n) is 4.08. The first-order valence-electron chi connectivity index (χ1n) is 8.19. The van der Waals surface area contributed by atoms with Crippen molar-refractivity contribution >= 4 is 11.5 Å². The summed E-state index contributed by atoms with van der Waals surface area (Å²) in [4.78, 5) is 12.6. The van der Waals surface area contributed by atoms with Gasteiger partial charge in [-0.3, -0.25) is 4.79 Å². The molecular weight excluding hydrogens is 294 g/mol. The molecule has 120 valence electrons. The van der Waals surface area contributed by atoms with Gasteiger partial charge in [-0.15, -0.1) is 0 Å². The molecule has 0 fully saturated rings. The molecule has 24 heavy (non-hydrogen) atoms. The summed E-state index contributed by atoms with van der Waals surface area (Å²) in [5.41, 5.74) is 4.11. The minimum absolute atomic E-state index is 0.0549. The van der Waals surface area contributed by atoms with Gasteiger partial charge < -0.3 is 5.32 Å². The normalized spacial score (nSPS) is 11.7. The predicted molar refractivity (Wildman–Crippen MR) is 99.4 cm³/mol. The van der Waals surface area contributed by atoms with E-state index in [0.717, 1.165) is 16.8 Å². The number of rotatable bonds is 6. The Morgan fingerprint density at radius 1 is 0.833 bits per heavy atom. The average Bonchev–Trinajstić information content (AvgIpc) is 2.63. The first kappa shape index (κ1) is 16.0. The summed E-state index contributed by atoms with van der Waals surface area (Å²) in [7, 11) is 0. The Bertz CT molecular complexity index is 779. The van der Waals surface area contributed by atoms with Gasteiger partial charge in [0.05, 0.1) is 6.04 Å². The van der Waals surface area contributed by atoms with Crippen LogP contribution in [0.25, 0.3) is 0 Å². The van der Waals surface area contributed by atoms with Crippen LogP contribution in [0.1, 0.15) is 33.9 Å². The second-order valence-corrected chi connectivity index (χ2v) is 5.97. The number of benzene rings is 3. The van der Waals surface area contributed by atoms with Gasteiger partial charge in [-0.05, 0) is 24.6 Å². The fourth-order valence-electron chi connectivity index (χ4n) is 2.71. The summed E-state index contributed by atoms with van der Waals surface area (Å²) in [6.07, 6.45) is 0.419. The summed E-state index contributed by atoms with van der Waals surface area (Å²) >= 11 is 0. The summed E-state index contributed by atoms with van der Waals surface area (Å²) in [6.45, 7) is 2.07. The Morgan fingerprint density at radius 2 is 1.42 bits per heavy atom. The van der Waals surface area contributed by atoms with Crippen molar-refractivity contribution in [2.24, 2.45) is 0 Å². The van der Waals surface area contributed by atoms with Crippen molar-refractivity contribution in [2.45, 2.75) is 19.4 Å². The van der Waals surface area contributed by atoms with E-state index in [9.17, 15) is 4.79 Å². The number of carbonyl (C=O) groups is 1. The fraction of sp³-hybridized carbons (Fsp3) is 0.136. The number of hydrogen-bond donors (Lipinski definition) is 1. The minimum Gasteiger partial charge on any atom is -0.378 e. The van der Waals surface area contributed by atoms with E-state index in [1.54, 1.807) is 0 Å². The molecule has 0 amide bonds. The lowest BCUT2D eigenvalue weighted by Crippen LogP contribution is -2.15. The van der Waals surface area contributed by atoms with Gasteiger partial charge in [0.25, 0.3) is 0 Å². The van der Waals surface area contributed by atoms with Gasteiger partial charge in [0.15, 0.2) is 5.78 Å². The third kappa shape index (κ3) is 4.11. The molecule has 0 heterocycles. The molecule has 0 aliphatic carbocycles. The number of hydrogen-bond acceptors (Lipinski definition) is 2. The lowest BCUT2D eigenvalue weighted by atomic mass is 9.97. The molecule has 0 saturated heterocycles. The van der Waals surface area contributed by atoms with Crippen molar-refractivity contribution in [1.29, 1.82) is 0 Å². The summed E-state index contributed by atoms with van der Waals surface area (Å²) in [5.74, 6) is 0.143. The Balaban J connectivity index is 1.84. The molecule has 3 aromatic rings. The van der Waals surface area contributed by atoms with E-state index in [0.29, 0.717) is 6.42 Å². The van der Waals surface area contributed by atoms with Crippen molar-refractivity contribution in [2.75, 3.05) is 5.32 Å². The van der Waals surface area contributed by atoms with E-state index >= 15 is 0 Å². The molecule has 0 bridgehead atoms. The highest BCUT2D eigenvalue weighted by molar-refractivity contribution is 5.96. The van der Waals surface area contributed by atoms with Gasteiger partial charge in [0, 0.05) is 17.7 Å². The summed E-state index contributed by atoms with van der Waals surface area (Å²) < 4.78 is 0. The molecule has 0 aliphatic rings. The molecule has 2 heteroatoms. The average molecular weight is 315 g/mol. The van der Waals surface area contributed by atoms with Crippen LogP contribution >= 0.6 is 0 Å². The van der Waals surface area contributed by atoms with Crippen LogP contribution in [0, 0.1) is 6.92 Å². The van der Waals surface area contributed by atoms with Gasteiger partial charge in [0.1, 0.15) is 0 Å². The largest absolute Gasteiger partial charge is 0.378 e. The Morgan fingerprint density at radius 3 is 2.04 bits per heavy atom. The Hall–Kier alpha value is -2.87. The second-order valence-electron chi connectivity index (χ2n) is 5.97. The maximum absolute atomic E-state index is 12.6. The van der Waals surface area contributed by atoms with Crippen molar-refractivity contribution < 1.29 is 4.79 Å². The van der Waals surface area contributed by atoms with E-state index in [2.05, 4.69) is 36.5 Å². The highest BCUT2D eigenvalue weighted by Crippen LogP contribution is 2.24. The Labute approximate surface area is 143 Å². The van der Waals surface area contributed by atoms with Crippen molar-refractivity contribution in [1.82, 2.24) is 0 Å². The zero-order chi connectivity index (χ0) is 16.8. The van der Waals surface area contributed by atoms with E-state index in [1.807, 2.05) is 60.7 Å². The molecule has 0 spiro atoms. The van der Waals surface area contributed by atoms with Crippen molar-refractivity contribution in [3.63, 3.8) is 0 Å². The van der Waals surface area contributed by atoms with Gasteiger partial charge in [0.2, 0.25) is 0 Å². The molecule has 0 saturated carbocycles. The highest BCUT2D eigenvalue weighted by atomic mass is 16.1. The van der Waals surface area contributed by atoms with Crippen LogP contribution in [0.3, 0.4) is 0 Å². The maximum atomic E-state index is 12.6. The van der Waals surface area contributed by atoms with Crippen LogP contribution in [0.4, 0.5) is 5.69 Å². The number of Topliss-reactive ketones (excluding diaryl/α,β-unsaturated/α-hetero) is 1. The van der Waals surface area contributed by atoms with Crippen LogP contribution in [0.5, 0.6) is 0 Å². The first-order chi connectivity index (χ1) is 11.7. The van der Waals surface area contributed by atoms with Crippen molar-refractivity contribution in [3.8, 4) is 0 Å². The first-order valence-corrected chi connectivity index (χ1v) is 8.19. The topological polar surface area (TPSA) is 29.1 Å². The van der Waals surface area contributed by atoms with Crippen LogP contribution in [-0.2, 0) is 0 Å². The summed E-state index contributed by atoms with van der Waals surface area (Å²) in [6, 6.07) is 27.8. The highest BCUT2D eigenvalue weighted by Gasteiger charge is 2.17. The molecule has 0 aromatic heterocycles. The SMILES string of the molecule is Cc1ccc(C(CC(=O)c2ccccc2)Nc2ccccc2)cc1. The number of nitrogens with one attached hydrogen (secondary N) is 1. The van der Waals surface area contributed by atoms with E-state index in [1.165, 1.54) is 5.56 Å². The molecule has 1 atom stereocenters. The van der Waals surface area contributed by atoms with E-state index < -0.39 is 0 Å². The number of ketones is 1. The maximum Gasteiger partial charge on any atom is 0.165 e. The predicted octanol–water partition coefficient (Wildman–Crippen LogP) is 5.42. The molecule has 0 aliphatic heterocycles. The molecule has 3 rings (SSSR count). The van der Waals surface area contributed by atoms with E-state index in [4.69, 9.17) is 0 Å². The standard InChI is InChI=1S/C22H21NO/c1-17-12-14-18(15-13-17)21(23-20-10-6-3-7-11-20)16-22(24)19-8-4-2-5-9-19/h2-15,21,23H,16H2,1H3. The molecule has 0 radical (unpaired) electrons. The van der Waals surface area contributed by atoms with Crippen LogP contribution < -0.4 is 5.32 Å². The zero-order valence-electron chi connectivity index (χ0n) is 13.8. The van der Waals surface area contributed by atoms with Gasteiger partial charge >= 0.3 is 0 Å². The quantitative estimate of drug-likeness (QED) is 0.615. The minimum atomic E-state index is -0.0549. The number of anilines is 1. The van der Waals surface area contributed by atoms with E-state index in [-0.39, 0.29) is 11.8 Å². The van der Waals surface area contributed by atoms with Crippen LogP contribution in [0.2, 0.25) is 0 Å². The molecular formula is C22H21NO. The molecule has 1 N–H and O–H groups in total. The number of para-hydroxylation sites is 1. The second kappa shape index (κ2) is 7.60. The number of carbonyl (C=O) groups excluding carboxylic acids is 1. The van der Waals surface area contributed by atoms with Gasteiger partial charge in [-0.1, -0.05) is 78.4 Å². The Kier molecular flexibility index (Phi) is 5.07. The monoisotopic (exact) mass is 315 g/mol. The van der Waals surface area contributed by atoms with Crippen molar-refractivity contribution in [3.05, 3.63) is 102 Å². The van der Waals surface area contributed by atoms with Crippen LogP contribution in [0.15, 0.2) is 84.9 Å². The summed E-state index contributed by atoms with van der Waals surface area (Å²) in [5, 5.41) is 3.49. The molecule has 2 nitrogen and oxygen atoms in total. The zero-order valence-corrected chi connectivity index (χ0v) is 13.8. The lowest BCUT2D eigenvalue weighted by Gasteiger charge is -2.20. The fourth-order valence-corrected chi connectivity index (χ4v) is 2.71. The smallest absolute Gasteiger partial charge is 0.165 e. The molecule has 1 unspecified atom stereocenters. The number of aryl methyl sites for hydroxylation is 1. The third-order valence-corrected chi connectivity index (χ3v) is 4.08. The molecule has 3 aromatic carbocycles. The van der Waals surface area contributed by atoms with Crippen LogP contribution in [-0.4, -0.2) is 5.78 Å². The van der Waals surface area contributed by atoms with Gasteiger partial charge in [-0.25, -0.2) is 0 Å².